The van der Waals surface area contributed by atoms with E-state index in [9.17, 15) is 13.2 Å². The zero-order valence-electron chi connectivity index (χ0n) is 9.85. The molecular weight excluding hydrogens is 255 g/mol. The summed E-state index contributed by atoms with van der Waals surface area (Å²) in [6.07, 6.45) is -7.10. The lowest BCUT2D eigenvalue weighted by Crippen LogP contribution is -2.19. The van der Waals surface area contributed by atoms with Crippen LogP contribution >= 0.6 is 0 Å². The highest BCUT2D eigenvalue weighted by Crippen LogP contribution is 2.33. The molecule has 19 heavy (non-hydrogen) atoms. The number of anilines is 1. The van der Waals surface area contributed by atoms with Crippen LogP contribution in [0.25, 0.3) is 11.1 Å². The molecule has 2 aromatic carbocycles. The van der Waals surface area contributed by atoms with Crippen LogP contribution in [0.15, 0.2) is 48.5 Å². The molecule has 2 rings (SSSR count). The minimum atomic E-state index is -4.65. The van der Waals surface area contributed by atoms with Crippen LogP contribution in [0, 0.1) is 0 Å². The fraction of sp³-hybridized carbons (Fsp3) is 0.143. The topological polar surface area (TPSA) is 46.2 Å². The molecule has 0 saturated carbocycles. The van der Waals surface area contributed by atoms with Gasteiger partial charge < -0.3 is 10.8 Å². The van der Waals surface area contributed by atoms with Crippen molar-refractivity contribution in [3.05, 3.63) is 54.1 Å². The van der Waals surface area contributed by atoms with E-state index in [0.29, 0.717) is 5.69 Å². The molecule has 0 saturated heterocycles. The first-order chi connectivity index (χ1) is 8.88. The van der Waals surface area contributed by atoms with E-state index in [2.05, 4.69) is 0 Å². The highest BCUT2D eigenvalue weighted by molar-refractivity contribution is 5.65. The molecule has 2 nitrogen and oxygen atoms in total. The van der Waals surface area contributed by atoms with Crippen LogP contribution in [0.3, 0.4) is 0 Å². The van der Waals surface area contributed by atoms with Crippen LogP contribution in [0.5, 0.6) is 0 Å². The summed E-state index contributed by atoms with van der Waals surface area (Å²) in [5.41, 5.74) is 7.61. The van der Waals surface area contributed by atoms with Gasteiger partial charge in [0.15, 0.2) is 6.10 Å². The quantitative estimate of drug-likeness (QED) is 0.818. The zero-order valence-corrected chi connectivity index (χ0v) is 9.85. The number of hydrogen-bond donors (Lipinski definition) is 2. The summed E-state index contributed by atoms with van der Waals surface area (Å²) < 4.78 is 37.0. The molecule has 0 aliphatic heterocycles. The fourth-order valence-corrected chi connectivity index (χ4v) is 1.72. The molecule has 0 unspecified atom stereocenters. The summed E-state index contributed by atoms with van der Waals surface area (Å²) in [7, 11) is 0. The van der Waals surface area contributed by atoms with E-state index in [0.717, 1.165) is 11.1 Å². The van der Waals surface area contributed by atoms with E-state index >= 15 is 0 Å². The lowest BCUT2D eigenvalue weighted by Gasteiger charge is -2.15. The van der Waals surface area contributed by atoms with Gasteiger partial charge in [-0.05, 0) is 28.8 Å². The van der Waals surface area contributed by atoms with E-state index in [-0.39, 0.29) is 5.56 Å². The summed E-state index contributed by atoms with van der Waals surface area (Å²) in [6.45, 7) is 0. The van der Waals surface area contributed by atoms with Crippen LogP contribution in [-0.4, -0.2) is 11.3 Å². The predicted octanol–water partition coefficient (Wildman–Crippen LogP) is 3.53. The van der Waals surface area contributed by atoms with Gasteiger partial charge in [-0.15, -0.1) is 0 Å². The number of aliphatic hydroxyl groups is 1. The first kappa shape index (κ1) is 13.4. The van der Waals surface area contributed by atoms with Crippen LogP contribution < -0.4 is 5.73 Å². The normalized spacial score (nSPS) is 13.3. The van der Waals surface area contributed by atoms with Gasteiger partial charge in [0.1, 0.15) is 0 Å². The summed E-state index contributed by atoms with van der Waals surface area (Å²) in [5.74, 6) is 0. The van der Waals surface area contributed by atoms with Crippen LogP contribution in [0.4, 0.5) is 18.9 Å². The molecule has 5 heteroatoms. The number of alkyl halides is 3. The summed E-state index contributed by atoms with van der Waals surface area (Å²) >= 11 is 0. The third-order valence-electron chi connectivity index (χ3n) is 2.78. The second-order valence-corrected chi connectivity index (χ2v) is 4.19. The molecular formula is C14H12F3NO. The molecule has 0 spiro atoms. The van der Waals surface area contributed by atoms with Crippen molar-refractivity contribution >= 4 is 5.69 Å². The minimum absolute atomic E-state index is 0.174. The van der Waals surface area contributed by atoms with E-state index in [1.165, 1.54) is 24.3 Å². The van der Waals surface area contributed by atoms with Crippen molar-refractivity contribution in [3.8, 4) is 11.1 Å². The SMILES string of the molecule is Nc1ccc(-c2ccc([C@H](O)C(F)(F)F)cc2)cc1. The lowest BCUT2D eigenvalue weighted by atomic mass is 10.0. The molecule has 3 N–H and O–H groups in total. The number of nitrogen functional groups attached to an aromatic ring is 1. The highest BCUT2D eigenvalue weighted by Gasteiger charge is 2.39. The number of nitrogens with two attached hydrogens (primary N) is 1. The number of aliphatic hydroxyl groups excluding tert-OH is 1. The molecule has 0 heterocycles. The Labute approximate surface area is 108 Å². The minimum Gasteiger partial charge on any atom is -0.399 e. The Balaban J connectivity index is 2.26. The predicted molar refractivity (Wildman–Crippen MR) is 67.3 cm³/mol. The van der Waals surface area contributed by atoms with Crippen molar-refractivity contribution < 1.29 is 18.3 Å². The maximum atomic E-state index is 12.3. The van der Waals surface area contributed by atoms with Crippen LogP contribution in [-0.2, 0) is 0 Å². The second kappa shape index (κ2) is 4.93. The third-order valence-corrected chi connectivity index (χ3v) is 2.78. The van der Waals surface area contributed by atoms with Gasteiger partial charge in [-0.2, -0.15) is 13.2 Å². The number of halogens is 3. The van der Waals surface area contributed by atoms with Crippen LogP contribution in [0.1, 0.15) is 11.7 Å². The standard InChI is InChI=1S/C14H12F3NO/c15-14(16,17)13(19)11-3-1-9(2-4-11)10-5-7-12(18)8-6-10/h1-8,13,19H,18H2/t13-/m0/s1. The molecule has 0 fully saturated rings. The molecule has 2 aromatic rings. The van der Waals surface area contributed by atoms with Gasteiger partial charge in [0.2, 0.25) is 0 Å². The maximum absolute atomic E-state index is 12.3. The fourth-order valence-electron chi connectivity index (χ4n) is 1.72. The van der Waals surface area contributed by atoms with Gasteiger partial charge in [-0.3, -0.25) is 0 Å². The van der Waals surface area contributed by atoms with Gasteiger partial charge in [0.25, 0.3) is 0 Å². The Morgan fingerprint density at radius 1 is 0.842 bits per heavy atom. The zero-order chi connectivity index (χ0) is 14.0. The van der Waals surface area contributed by atoms with E-state index in [1.54, 1.807) is 24.3 Å². The van der Waals surface area contributed by atoms with Crippen molar-refractivity contribution in [2.75, 3.05) is 5.73 Å². The average Bonchev–Trinajstić information content (AvgIpc) is 2.38. The molecule has 0 amide bonds. The summed E-state index contributed by atoms with van der Waals surface area (Å²) in [5, 5.41) is 9.11. The maximum Gasteiger partial charge on any atom is 0.418 e. The van der Waals surface area contributed by atoms with Crippen molar-refractivity contribution in [1.29, 1.82) is 0 Å². The molecule has 0 aliphatic carbocycles. The first-order valence-electron chi connectivity index (χ1n) is 5.58. The molecule has 100 valence electrons. The number of benzene rings is 2. The van der Waals surface area contributed by atoms with Gasteiger partial charge in [-0.1, -0.05) is 36.4 Å². The first-order valence-corrected chi connectivity index (χ1v) is 5.58. The van der Waals surface area contributed by atoms with Gasteiger partial charge >= 0.3 is 6.18 Å². The van der Waals surface area contributed by atoms with Gasteiger partial charge in [0.05, 0.1) is 0 Å². The molecule has 0 radical (unpaired) electrons. The van der Waals surface area contributed by atoms with Gasteiger partial charge in [0, 0.05) is 5.69 Å². The Morgan fingerprint density at radius 3 is 1.68 bits per heavy atom. The van der Waals surface area contributed by atoms with Crippen molar-refractivity contribution in [1.82, 2.24) is 0 Å². The molecule has 1 atom stereocenters. The summed E-state index contributed by atoms with van der Waals surface area (Å²) in [6, 6.07) is 12.6. The summed E-state index contributed by atoms with van der Waals surface area (Å²) in [4.78, 5) is 0. The Bertz CT molecular complexity index is 546. The van der Waals surface area contributed by atoms with Gasteiger partial charge in [-0.25, -0.2) is 0 Å². The average molecular weight is 267 g/mol. The van der Waals surface area contributed by atoms with Crippen molar-refractivity contribution in [2.24, 2.45) is 0 Å². The second-order valence-electron chi connectivity index (χ2n) is 4.19. The van der Waals surface area contributed by atoms with E-state index < -0.39 is 12.3 Å². The number of hydrogen-bond acceptors (Lipinski definition) is 2. The van der Waals surface area contributed by atoms with E-state index in [4.69, 9.17) is 10.8 Å². The Kier molecular flexibility index (Phi) is 3.48. The molecule has 0 aliphatic rings. The largest absolute Gasteiger partial charge is 0.418 e. The highest BCUT2D eigenvalue weighted by atomic mass is 19.4. The Hall–Kier alpha value is -2.01. The molecule has 0 aromatic heterocycles. The van der Waals surface area contributed by atoms with Crippen molar-refractivity contribution in [2.45, 2.75) is 12.3 Å². The smallest absolute Gasteiger partial charge is 0.399 e. The lowest BCUT2D eigenvalue weighted by molar-refractivity contribution is -0.206. The van der Waals surface area contributed by atoms with E-state index in [1.807, 2.05) is 0 Å². The number of rotatable bonds is 2. The Morgan fingerprint density at radius 2 is 1.26 bits per heavy atom. The van der Waals surface area contributed by atoms with Crippen molar-refractivity contribution in [3.63, 3.8) is 0 Å². The third kappa shape index (κ3) is 3.06. The van der Waals surface area contributed by atoms with Crippen LogP contribution in [0.2, 0.25) is 0 Å². The molecule has 0 bridgehead atoms. The monoisotopic (exact) mass is 267 g/mol.